The fourth-order valence-corrected chi connectivity index (χ4v) is 3.19. The highest BCUT2D eigenvalue weighted by Gasteiger charge is 2.31. The summed E-state index contributed by atoms with van der Waals surface area (Å²) in [6.45, 7) is 2.74. The van der Waals surface area contributed by atoms with Crippen molar-refractivity contribution in [2.45, 2.75) is 32.2 Å². The molecule has 0 aromatic heterocycles. The van der Waals surface area contributed by atoms with Gasteiger partial charge >= 0.3 is 5.97 Å². The average molecular weight is 380 g/mol. The summed E-state index contributed by atoms with van der Waals surface area (Å²) in [5, 5.41) is 3.24. The number of ether oxygens (including phenoxy) is 1. The van der Waals surface area contributed by atoms with E-state index in [2.05, 4.69) is 5.32 Å². The minimum absolute atomic E-state index is 0.131. The molecule has 146 valence electrons. The molecule has 1 atom stereocenters. The van der Waals surface area contributed by atoms with Gasteiger partial charge in [0.05, 0.1) is 12.2 Å². The Morgan fingerprint density at radius 3 is 2.39 bits per heavy atom. The molecule has 0 fully saturated rings. The van der Waals surface area contributed by atoms with Gasteiger partial charge in [-0.05, 0) is 25.3 Å². The Balaban J connectivity index is 1.61. The van der Waals surface area contributed by atoms with Gasteiger partial charge < -0.3 is 15.8 Å². The molecular weight excluding hydrogens is 356 g/mol. The van der Waals surface area contributed by atoms with Crippen LogP contribution < -0.4 is 11.1 Å². The zero-order chi connectivity index (χ0) is 20.1. The number of carbonyl (C=O) groups excluding carboxylic acids is 3. The fourth-order valence-electron chi connectivity index (χ4n) is 3.19. The van der Waals surface area contributed by atoms with E-state index < -0.39 is 6.04 Å². The number of anilines is 1. The van der Waals surface area contributed by atoms with E-state index in [4.69, 9.17) is 10.5 Å². The summed E-state index contributed by atoms with van der Waals surface area (Å²) in [5.74, 6) is -0.654. The second-order valence-electron chi connectivity index (χ2n) is 6.75. The van der Waals surface area contributed by atoms with Crippen molar-refractivity contribution in [1.82, 2.24) is 0 Å². The third-order valence-corrected chi connectivity index (χ3v) is 4.83. The molecule has 0 spiro atoms. The Morgan fingerprint density at radius 2 is 1.68 bits per heavy atom. The van der Waals surface area contributed by atoms with Crippen molar-refractivity contribution in [3.8, 4) is 0 Å². The lowest BCUT2D eigenvalue weighted by Crippen LogP contribution is -2.31. The lowest BCUT2D eigenvalue weighted by atomic mass is 9.83. The lowest BCUT2D eigenvalue weighted by Gasteiger charge is -2.20. The topological polar surface area (TPSA) is 98.5 Å². The van der Waals surface area contributed by atoms with Crippen molar-refractivity contribution in [3.63, 3.8) is 0 Å². The summed E-state index contributed by atoms with van der Waals surface area (Å²) >= 11 is 0. The van der Waals surface area contributed by atoms with Gasteiger partial charge in [0.2, 0.25) is 0 Å². The first-order valence-electron chi connectivity index (χ1n) is 9.52. The van der Waals surface area contributed by atoms with Gasteiger partial charge in [0.15, 0.2) is 11.6 Å². The first-order chi connectivity index (χ1) is 13.5. The van der Waals surface area contributed by atoms with Gasteiger partial charge in [-0.3, -0.25) is 14.4 Å². The smallest absolute Gasteiger partial charge is 0.322 e. The number of nitrogens with two attached hydrogens (primary N) is 1. The molecule has 6 nitrogen and oxygen atoms in total. The van der Waals surface area contributed by atoms with Gasteiger partial charge in [-0.25, -0.2) is 0 Å². The monoisotopic (exact) mass is 380 g/mol. The molecule has 6 heteroatoms. The number of fused-ring (bicyclic) bond motifs is 2. The molecule has 1 aliphatic rings. The highest BCUT2D eigenvalue weighted by Crippen LogP contribution is 2.31. The molecule has 0 amide bonds. The van der Waals surface area contributed by atoms with Crippen molar-refractivity contribution in [1.29, 1.82) is 0 Å². The van der Waals surface area contributed by atoms with E-state index in [1.54, 1.807) is 42.5 Å². The maximum absolute atomic E-state index is 12.9. The Kier molecular flexibility index (Phi) is 6.21. The van der Waals surface area contributed by atoms with Gasteiger partial charge in [-0.1, -0.05) is 43.3 Å². The van der Waals surface area contributed by atoms with Crippen LogP contribution in [0.5, 0.6) is 0 Å². The summed E-state index contributed by atoms with van der Waals surface area (Å²) < 4.78 is 5.12. The number of ketones is 2. The SMILES string of the molecule is CC[C@H](N)C(=O)OCCCCNc1cccc2c1C(=O)c1ccccc1C2=O. The molecule has 28 heavy (non-hydrogen) atoms. The lowest BCUT2D eigenvalue weighted by molar-refractivity contribution is -0.145. The molecule has 0 saturated carbocycles. The van der Waals surface area contributed by atoms with Crippen LogP contribution in [0.3, 0.4) is 0 Å². The zero-order valence-corrected chi connectivity index (χ0v) is 15.9. The van der Waals surface area contributed by atoms with Gasteiger partial charge in [-0.15, -0.1) is 0 Å². The van der Waals surface area contributed by atoms with Crippen LogP contribution in [0, 0.1) is 0 Å². The maximum Gasteiger partial charge on any atom is 0.322 e. The normalized spacial score (nSPS) is 13.5. The Labute approximate surface area is 164 Å². The maximum atomic E-state index is 12.9. The van der Waals surface area contributed by atoms with E-state index in [0.29, 0.717) is 53.9 Å². The van der Waals surface area contributed by atoms with Crippen molar-refractivity contribution in [2.75, 3.05) is 18.5 Å². The summed E-state index contributed by atoms with van der Waals surface area (Å²) in [6, 6.07) is 11.6. The standard InChI is InChI=1S/C22H24N2O4/c1-2-17(23)22(27)28-13-6-5-12-24-18-11-7-10-16-19(18)21(26)15-9-4-3-8-14(15)20(16)25/h3-4,7-11,17,24H,2,5-6,12-13,23H2,1H3/t17-/m0/s1. The third-order valence-electron chi connectivity index (χ3n) is 4.83. The number of esters is 1. The molecule has 0 aliphatic heterocycles. The number of hydrogen-bond acceptors (Lipinski definition) is 6. The van der Waals surface area contributed by atoms with Crippen LogP contribution in [0.4, 0.5) is 5.69 Å². The molecule has 0 bridgehead atoms. The van der Waals surface area contributed by atoms with Crippen molar-refractivity contribution < 1.29 is 19.1 Å². The van der Waals surface area contributed by atoms with Crippen molar-refractivity contribution in [2.24, 2.45) is 5.73 Å². The number of carbonyl (C=O) groups is 3. The molecule has 2 aromatic rings. The van der Waals surface area contributed by atoms with E-state index in [1.807, 2.05) is 6.92 Å². The van der Waals surface area contributed by atoms with Crippen LogP contribution in [0.25, 0.3) is 0 Å². The molecule has 1 aliphatic carbocycles. The highest BCUT2D eigenvalue weighted by atomic mass is 16.5. The van der Waals surface area contributed by atoms with Gasteiger partial charge in [0.1, 0.15) is 6.04 Å². The van der Waals surface area contributed by atoms with Crippen molar-refractivity contribution >= 4 is 23.2 Å². The molecule has 3 N–H and O–H groups in total. The summed E-state index contributed by atoms with van der Waals surface area (Å²) in [4.78, 5) is 37.2. The van der Waals surface area contributed by atoms with Crippen LogP contribution in [0.2, 0.25) is 0 Å². The number of hydrogen-bond donors (Lipinski definition) is 2. The first-order valence-corrected chi connectivity index (χ1v) is 9.52. The molecule has 0 unspecified atom stereocenters. The van der Waals surface area contributed by atoms with Crippen molar-refractivity contribution in [3.05, 3.63) is 64.7 Å². The van der Waals surface area contributed by atoms with E-state index in [-0.39, 0.29) is 17.5 Å². The molecule has 0 heterocycles. The number of nitrogens with one attached hydrogen (secondary N) is 1. The zero-order valence-electron chi connectivity index (χ0n) is 15.9. The summed E-state index contributed by atoms with van der Waals surface area (Å²) in [5.41, 5.74) is 7.99. The largest absolute Gasteiger partial charge is 0.465 e. The van der Waals surface area contributed by atoms with Gasteiger partial charge in [0.25, 0.3) is 0 Å². The molecule has 3 rings (SSSR count). The quantitative estimate of drug-likeness (QED) is 0.460. The van der Waals surface area contributed by atoms with Gasteiger partial charge in [0, 0.05) is 28.9 Å². The third kappa shape index (κ3) is 3.97. The fraction of sp³-hybridized carbons (Fsp3) is 0.318. The minimum atomic E-state index is -0.569. The van der Waals surface area contributed by atoms with E-state index >= 15 is 0 Å². The summed E-state index contributed by atoms with van der Waals surface area (Å²) in [7, 11) is 0. The molecule has 0 radical (unpaired) electrons. The van der Waals surface area contributed by atoms with E-state index in [1.165, 1.54) is 0 Å². The van der Waals surface area contributed by atoms with E-state index in [0.717, 1.165) is 6.42 Å². The first kappa shape index (κ1) is 19.8. The molecular formula is C22H24N2O4. The molecule has 0 saturated heterocycles. The second-order valence-corrected chi connectivity index (χ2v) is 6.75. The van der Waals surface area contributed by atoms with Crippen LogP contribution in [0.15, 0.2) is 42.5 Å². The second kappa shape index (κ2) is 8.80. The highest BCUT2D eigenvalue weighted by molar-refractivity contribution is 6.30. The van der Waals surface area contributed by atoms with Crippen LogP contribution in [-0.2, 0) is 9.53 Å². The summed E-state index contributed by atoms with van der Waals surface area (Å²) in [6.07, 6.45) is 1.98. The predicted molar refractivity (Wildman–Crippen MR) is 107 cm³/mol. The van der Waals surface area contributed by atoms with Crippen LogP contribution in [-0.4, -0.2) is 36.7 Å². The predicted octanol–water partition coefficient (Wildman–Crippen LogP) is 2.93. The number of unbranched alkanes of at least 4 members (excludes halogenated alkanes) is 1. The Hall–Kier alpha value is -2.99. The van der Waals surface area contributed by atoms with Crippen LogP contribution >= 0.6 is 0 Å². The number of benzene rings is 2. The van der Waals surface area contributed by atoms with Gasteiger partial charge in [-0.2, -0.15) is 0 Å². The molecule has 2 aromatic carbocycles. The van der Waals surface area contributed by atoms with Crippen LogP contribution in [0.1, 0.15) is 58.0 Å². The Morgan fingerprint density at radius 1 is 1.00 bits per heavy atom. The average Bonchev–Trinajstić information content (AvgIpc) is 2.73. The van der Waals surface area contributed by atoms with E-state index in [9.17, 15) is 14.4 Å². The Bertz CT molecular complexity index is 907. The minimum Gasteiger partial charge on any atom is -0.465 e. The number of rotatable bonds is 8.